The van der Waals surface area contributed by atoms with E-state index in [4.69, 9.17) is 10.8 Å². The molecule has 23 heavy (non-hydrogen) atoms. The largest absolute Gasteiger partial charge is 0.395 e. The van der Waals surface area contributed by atoms with E-state index in [0.29, 0.717) is 11.4 Å². The average molecular weight is 310 g/mol. The molecule has 0 bridgehead atoms. The number of nitrogens with zero attached hydrogens (tertiary/aromatic N) is 1. The van der Waals surface area contributed by atoms with Crippen molar-refractivity contribution in [3.8, 4) is 11.8 Å². The van der Waals surface area contributed by atoms with Gasteiger partial charge in [-0.15, -0.1) is 0 Å². The summed E-state index contributed by atoms with van der Waals surface area (Å²) in [5, 5.41) is 18.9. The first kappa shape index (κ1) is 17.2. The van der Waals surface area contributed by atoms with Crippen LogP contribution in [0.1, 0.15) is 35.9 Å². The first-order valence-electron chi connectivity index (χ1n) is 7.75. The number of unbranched alkanes of at least 4 members (excludes halogenated alkanes) is 1. The van der Waals surface area contributed by atoms with Crippen LogP contribution in [-0.4, -0.2) is 27.8 Å². The van der Waals surface area contributed by atoms with Crippen LogP contribution in [0.5, 0.6) is 0 Å². The van der Waals surface area contributed by atoms with E-state index >= 15 is 0 Å². The molecule has 0 spiro atoms. The Kier molecular flexibility index (Phi) is 6.76. The van der Waals surface area contributed by atoms with E-state index in [1.807, 2.05) is 18.2 Å². The molecule has 2 atom stereocenters. The quantitative estimate of drug-likeness (QED) is 0.561. The third-order valence-electron chi connectivity index (χ3n) is 3.52. The van der Waals surface area contributed by atoms with Gasteiger partial charge in [0.15, 0.2) is 0 Å². The minimum Gasteiger partial charge on any atom is -0.395 e. The second kappa shape index (κ2) is 9.06. The van der Waals surface area contributed by atoms with E-state index in [-0.39, 0.29) is 6.61 Å². The molecule has 4 N–H and O–H groups in total. The molecule has 0 aliphatic carbocycles. The number of hydrogen-bond acceptors (Lipinski definition) is 4. The Morgan fingerprint density at radius 3 is 2.61 bits per heavy atom. The topological polar surface area (TPSA) is 79.4 Å². The van der Waals surface area contributed by atoms with Gasteiger partial charge in [0.25, 0.3) is 0 Å². The lowest BCUT2D eigenvalue weighted by atomic mass is 10.1. The van der Waals surface area contributed by atoms with Crippen molar-refractivity contribution in [2.75, 3.05) is 6.61 Å². The smallest absolute Gasteiger partial charge is 0.113 e. The Bertz CT molecular complexity index is 662. The van der Waals surface area contributed by atoms with Crippen LogP contribution < -0.4 is 5.73 Å². The lowest BCUT2D eigenvalue weighted by molar-refractivity contribution is 0.106. The van der Waals surface area contributed by atoms with Crippen molar-refractivity contribution >= 4 is 0 Å². The molecule has 0 saturated heterocycles. The van der Waals surface area contributed by atoms with Crippen LogP contribution in [0.15, 0.2) is 48.5 Å². The molecule has 4 nitrogen and oxygen atoms in total. The second-order valence-electron chi connectivity index (χ2n) is 5.38. The molecule has 0 saturated carbocycles. The number of aliphatic hydroxyl groups excluding tert-OH is 2. The van der Waals surface area contributed by atoms with Crippen molar-refractivity contribution in [2.24, 2.45) is 5.73 Å². The van der Waals surface area contributed by atoms with E-state index < -0.39 is 12.1 Å². The van der Waals surface area contributed by atoms with Gasteiger partial charge in [-0.25, -0.2) is 4.98 Å². The number of benzene rings is 1. The Balaban J connectivity index is 1.88. The molecule has 1 heterocycles. The fraction of sp³-hybridized carbons (Fsp3) is 0.316. The van der Waals surface area contributed by atoms with Crippen molar-refractivity contribution in [1.82, 2.24) is 4.98 Å². The zero-order valence-corrected chi connectivity index (χ0v) is 13.0. The summed E-state index contributed by atoms with van der Waals surface area (Å²) in [4.78, 5) is 4.28. The van der Waals surface area contributed by atoms with Gasteiger partial charge in [0, 0.05) is 6.42 Å². The summed E-state index contributed by atoms with van der Waals surface area (Å²) in [7, 11) is 0. The van der Waals surface area contributed by atoms with Gasteiger partial charge in [-0.3, -0.25) is 0 Å². The van der Waals surface area contributed by atoms with Crippen LogP contribution in [0.2, 0.25) is 0 Å². The van der Waals surface area contributed by atoms with Gasteiger partial charge in [0.1, 0.15) is 11.8 Å². The number of aryl methyl sites for hydroxylation is 1. The number of pyridine rings is 1. The van der Waals surface area contributed by atoms with Crippen molar-refractivity contribution in [3.05, 3.63) is 65.5 Å². The molecule has 120 valence electrons. The van der Waals surface area contributed by atoms with Crippen LogP contribution >= 0.6 is 0 Å². The number of rotatable bonds is 6. The zero-order chi connectivity index (χ0) is 16.5. The minimum absolute atomic E-state index is 0.293. The fourth-order valence-electron chi connectivity index (χ4n) is 2.18. The number of nitrogens with two attached hydrogens (primary N) is 1. The van der Waals surface area contributed by atoms with Gasteiger partial charge in [0.2, 0.25) is 0 Å². The maximum Gasteiger partial charge on any atom is 0.113 e. The molecular formula is C19H22N2O2. The SMILES string of the molecule is N[C@@H](CO)[C@H](O)c1cccc(C#CCCCc2ccccc2)n1. The van der Waals surface area contributed by atoms with Gasteiger partial charge in [0.05, 0.1) is 18.3 Å². The molecule has 0 unspecified atom stereocenters. The van der Waals surface area contributed by atoms with E-state index in [1.165, 1.54) is 5.56 Å². The number of aliphatic hydroxyl groups is 2. The molecule has 0 radical (unpaired) electrons. The molecule has 0 aliphatic heterocycles. The molecule has 0 fully saturated rings. The van der Waals surface area contributed by atoms with Gasteiger partial charge < -0.3 is 15.9 Å². The standard InChI is InChI=1S/C19H22N2O2/c20-17(14-22)19(23)18-13-7-12-16(21-18)11-6-2-5-10-15-8-3-1-4-9-15/h1,3-4,7-9,12-13,17,19,22-23H,2,5,10,14,20H2/t17-,19-/m0/s1. The third-order valence-corrected chi connectivity index (χ3v) is 3.52. The average Bonchev–Trinajstić information content (AvgIpc) is 2.61. The van der Waals surface area contributed by atoms with Gasteiger partial charge >= 0.3 is 0 Å². The lowest BCUT2D eigenvalue weighted by Crippen LogP contribution is -2.32. The molecule has 1 aromatic carbocycles. The van der Waals surface area contributed by atoms with E-state index in [9.17, 15) is 5.11 Å². The molecule has 1 aromatic heterocycles. The van der Waals surface area contributed by atoms with Crippen molar-refractivity contribution in [3.63, 3.8) is 0 Å². The normalized spacial score (nSPS) is 13.0. The Labute approximate surface area is 137 Å². The highest BCUT2D eigenvalue weighted by molar-refractivity contribution is 5.29. The third kappa shape index (κ3) is 5.50. The lowest BCUT2D eigenvalue weighted by Gasteiger charge is -2.15. The van der Waals surface area contributed by atoms with Crippen LogP contribution in [0.25, 0.3) is 0 Å². The van der Waals surface area contributed by atoms with Gasteiger partial charge in [-0.05, 0) is 36.5 Å². The summed E-state index contributed by atoms with van der Waals surface area (Å²) < 4.78 is 0. The second-order valence-corrected chi connectivity index (χ2v) is 5.38. The van der Waals surface area contributed by atoms with Gasteiger partial charge in [-0.1, -0.05) is 42.3 Å². The molecule has 0 amide bonds. The zero-order valence-electron chi connectivity index (χ0n) is 13.0. The summed E-state index contributed by atoms with van der Waals surface area (Å²) in [5.41, 5.74) is 7.97. The Morgan fingerprint density at radius 1 is 1.09 bits per heavy atom. The summed E-state index contributed by atoms with van der Waals surface area (Å²) >= 11 is 0. The number of hydrogen-bond donors (Lipinski definition) is 3. The predicted molar refractivity (Wildman–Crippen MR) is 90.5 cm³/mol. The minimum atomic E-state index is -0.986. The summed E-state index contributed by atoms with van der Waals surface area (Å²) in [6, 6.07) is 14.8. The maximum absolute atomic E-state index is 9.95. The highest BCUT2D eigenvalue weighted by Gasteiger charge is 2.17. The van der Waals surface area contributed by atoms with E-state index in [2.05, 4.69) is 29.0 Å². The molecule has 2 rings (SSSR count). The van der Waals surface area contributed by atoms with Crippen molar-refractivity contribution < 1.29 is 10.2 Å². The summed E-state index contributed by atoms with van der Waals surface area (Å²) in [6.07, 6.45) is 1.81. The summed E-state index contributed by atoms with van der Waals surface area (Å²) in [6.45, 7) is -0.293. The molecule has 2 aromatic rings. The predicted octanol–water partition coefficient (Wildman–Crippen LogP) is 1.81. The highest BCUT2D eigenvalue weighted by Crippen LogP contribution is 2.13. The van der Waals surface area contributed by atoms with Crippen molar-refractivity contribution in [2.45, 2.75) is 31.4 Å². The Morgan fingerprint density at radius 2 is 1.87 bits per heavy atom. The van der Waals surface area contributed by atoms with Crippen LogP contribution in [0, 0.1) is 11.8 Å². The highest BCUT2D eigenvalue weighted by atomic mass is 16.3. The molecule has 0 aliphatic rings. The first-order valence-corrected chi connectivity index (χ1v) is 7.75. The van der Waals surface area contributed by atoms with Crippen LogP contribution in [-0.2, 0) is 6.42 Å². The Hall–Kier alpha value is -2.19. The fourth-order valence-corrected chi connectivity index (χ4v) is 2.18. The van der Waals surface area contributed by atoms with Crippen molar-refractivity contribution in [1.29, 1.82) is 0 Å². The maximum atomic E-state index is 9.95. The van der Waals surface area contributed by atoms with Crippen LogP contribution in [0.3, 0.4) is 0 Å². The van der Waals surface area contributed by atoms with Crippen LogP contribution in [0.4, 0.5) is 0 Å². The molecular weight excluding hydrogens is 288 g/mol. The molecule has 4 heteroatoms. The van der Waals surface area contributed by atoms with E-state index in [1.54, 1.807) is 18.2 Å². The van der Waals surface area contributed by atoms with Gasteiger partial charge in [-0.2, -0.15) is 0 Å². The monoisotopic (exact) mass is 310 g/mol. The first-order chi connectivity index (χ1) is 11.2. The van der Waals surface area contributed by atoms with E-state index in [0.717, 1.165) is 19.3 Å². The number of aromatic nitrogens is 1. The summed E-state index contributed by atoms with van der Waals surface area (Å²) in [5.74, 6) is 6.11.